The Morgan fingerprint density at radius 3 is 3.00 bits per heavy atom. The summed E-state index contributed by atoms with van der Waals surface area (Å²) in [6.45, 7) is 0.693. The molecule has 0 saturated heterocycles. The molecule has 3 rings (SSSR count). The Bertz CT molecular complexity index is 655. The minimum absolute atomic E-state index is 0.119. The van der Waals surface area contributed by atoms with Crippen molar-refractivity contribution >= 4 is 23.2 Å². The molecule has 1 heterocycles. The molecule has 2 aromatic rings. The van der Waals surface area contributed by atoms with Gasteiger partial charge in [-0.05, 0) is 41.5 Å². The molecule has 20 heavy (non-hydrogen) atoms. The Kier molecular flexibility index (Phi) is 3.61. The number of benzene rings is 2. The van der Waals surface area contributed by atoms with Crippen LogP contribution in [0.4, 0.5) is 5.69 Å². The average Bonchev–Trinajstić information content (AvgIpc) is 2.94. The third-order valence-corrected chi connectivity index (χ3v) is 3.60. The van der Waals surface area contributed by atoms with Crippen molar-refractivity contribution in [3.8, 4) is 5.75 Å². The summed E-state index contributed by atoms with van der Waals surface area (Å²) in [4.78, 5) is 12.2. The van der Waals surface area contributed by atoms with E-state index in [9.17, 15) is 4.79 Å². The second-order valence-corrected chi connectivity index (χ2v) is 4.98. The van der Waals surface area contributed by atoms with E-state index in [0.29, 0.717) is 18.1 Å². The largest absolute Gasteiger partial charge is 0.493 e. The fourth-order valence-electron chi connectivity index (χ4n) is 2.26. The first kappa shape index (κ1) is 13.0. The first-order valence-corrected chi connectivity index (χ1v) is 7.02. The van der Waals surface area contributed by atoms with Crippen LogP contribution in [0.15, 0.2) is 42.5 Å². The van der Waals surface area contributed by atoms with Crippen LogP contribution in [0, 0.1) is 0 Å². The zero-order valence-corrected chi connectivity index (χ0v) is 11.6. The van der Waals surface area contributed by atoms with Crippen LogP contribution in [0.3, 0.4) is 0 Å². The number of ether oxygens (including phenoxy) is 1. The van der Waals surface area contributed by atoms with Gasteiger partial charge in [-0.1, -0.05) is 12.1 Å². The van der Waals surface area contributed by atoms with Gasteiger partial charge in [0, 0.05) is 23.6 Å². The number of nitrogens with one attached hydrogen (secondary N) is 1. The van der Waals surface area contributed by atoms with Gasteiger partial charge in [0.25, 0.3) is 5.91 Å². The molecule has 1 aliphatic heterocycles. The van der Waals surface area contributed by atoms with E-state index in [1.54, 1.807) is 6.07 Å². The number of hydrogen-bond acceptors (Lipinski definition) is 2. The number of alkyl halides is 1. The molecular formula is C16H14ClNO2. The lowest BCUT2D eigenvalue weighted by Gasteiger charge is -2.07. The summed E-state index contributed by atoms with van der Waals surface area (Å²) in [7, 11) is 0. The zero-order valence-electron chi connectivity index (χ0n) is 10.9. The van der Waals surface area contributed by atoms with Crippen LogP contribution in [0.5, 0.6) is 5.75 Å². The minimum atomic E-state index is -0.119. The van der Waals surface area contributed by atoms with Crippen molar-refractivity contribution in [3.05, 3.63) is 59.2 Å². The Balaban J connectivity index is 1.79. The van der Waals surface area contributed by atoms with E-state index in [1.807, 2.05) is 36.4 Å². The molecule has 4 heteroatoms. The zero-order chi connectivity index (χ0) is 13.9. The van der Waals surface area contributed by atoms with E-state index in [-0.39, 0.29) is 5.91 Å². The third kappa shape index (κ3) is 2.63. The van der Waals surface area contributed by atoms with Gasteiger partial charge < -0.3 is 10.1 Å². The van der Waals surface area contributed by atoms with Gasteiger partial charge in [0.1, 0.15) is 5.75 Å². The summed E-state index contributed by atoms with van der Waals surface area (Å²) < 4.78 is 5.44. The Hall–Kier alpha value is -2.00. The lowest BCUT2D eigenvalue weighted by molar-refractivity contribution is 0.102. The monoisotopic (exact) mass is 287 g/mol. The van der Waals surface area contributed by atoms with Gasteiger partial charge in [-0.25, -0.2) is 0 Å². The van der Waals surface area contributed by atoms with Gasteiger partial charge in [0.15, 0.2) is 0 Å². The number of carbonyl (C=O) groups is 1. The number of fused-ring (bicyclic) bond motifs is 1. The summed E-state index contributed by atoms with van der Waals surface area (Å²) in [6.07, 6.45) is 0.859. The number of rotatable bonds is 3. The summed E-state index contributed by atoms with van der Waals surface area (Å²) in [5.74, 6) is 1.19. The predicted octanol–water partition coefficient (Wildman–Crippen LogP) is 3.61. The first-order valence-electron chi connectivity index (χ1n) is 6.48. The van der Waals surface area contributed by atoms with Crippen LogP contribution >= 0.6 is 11.6 Å². The van der Waals surface area contributed by atoms with Crippen LogP contribution < -0.4 is 10.1 Å². The van der Waals surface area contributed by atoms with Gasteiger partial charge in [-0.2, -0.15) is 0 Å². The van der Waals surface area contributed by atoms with Gasteiger partial charge in [-0.3, -0.25) is 4.79 Å². The van der Waals surface area contributed by atoms with Crippen molar-refractivity contribution in [2.45, 2.75) is 12.3 Å². The standard InChI is InChI=1S/C16H14ClNO2/c17-10-11-2-1-3-14(8-11)18-16(19)13-4-5-15-12(9-13)6-7-20-15/h1-5,8-9H,6-7,10H2,(H,18,19). The van der Waals surface area contributed by atoms with E-state index >= 15 is 0 Å². The number of hydrogen-bond donors (Lipinski definition) is 1. The van der Waals surface area contributed by atoms with Crippen molar-refractivity contribution in [1.82, 2.24) is 0 Å². The van der Waals surface area contributed by atoms with E-state index in [2.05, 4.69) is 5.32 Å². The smallest absolute Gasteiger partial charge is 0.255 e. The highest BCUT2D eigenvalue weighted by molar-refractivity contribution is 6.17. The molecule has 3 nitrogen and oxygen atoms in total. The van der Waals surface area contributed by atoms with E-state index in [4.69, 9.17) is 16.3 Å². The number of anilines is 1. The van der Waals surface area contributed by atoms with E-state index in [0.717, 1.165) is 29.0 Å². The van der Waals surface area contributed by atoms with Crippen molar-refractivity contribution < 1.29 is 9.53 Å². The lowest BCUT2D eigenvalue weighted by atomic mass is 10.1. The van der Waals surface area contributed by atoms with Crippen molar-refractivity contribution in [3.63, 3.8) is 0 Å². The molecule has 0 aliphatic carbocycles. The topological polar surface area (TPSA) is 38.3 Å². The van der Waals surface area contributed by atoms with Crippen molar-refractivity contribution in [1.29, 1.82) is 0 Å². The molecule has 102 valence electrons. The summed E-state index contributed by atoms with van der Waals surface area (Å²) in [6, 6.07) is 13.1. The molecule has 0 radical (unpaired) electrons. The van der Waals surface area contributed by atoms with Crippen molar-refractivity contribution in [2.75, 3.05) is 11.9 Å². The maximum Gasteiger partial charge on any atom is 0.255 e. The molecule has 0 bridgehead atoms. The molecule has 1 aliphatic rings. The van der Waals surface area contributed by atoms with Gasteiger partial charge in [0.05, 0.1) is 6.61 Å². The van der Waals surface area contributed by atoms with E-state index in [1.165, 1.54) is 0 Å². The fraction of sp³-hybridized carbons (Fsp3) is 0.188. The number of halogens is 1. The molecule has 0 fully saturated rings. The molecule has 1 amide bonds. The number of carbonyl (C=O) groups excluding carboxylic acids is 1. The number of amides is 1. The molecular weight excluding hydrogens is 274 g/mol. The highest BCUT2D eigenvalue weighted by Gasteiger charge is 2.15. The second kappa shape index (κ2) is 5.55. The third-order valence-electron chi connectivity index (χ3n) is 3.29. The second-order valence-electron chi connectivity index (χ2n) is 4.71. The summed E-state index contributed by atoms with van der Waals surface area (Å²) >= 11 is 5.79. The molecule has 0 spiro atoms. The van der Waals surface area contributed by atoms with Crippen molar-refractivity contribution in [2.24, 2.45) is 0 Å². The first-order chi connectivity index (χ1) is 9.76. The Morgan fingerprint density at radius 1 is 1.25 bits per heavy atom. The fourth-order valence-corrected chi connectivity index (χ4v) is 2.43. The molecule has 1 N–H and O–H groups in total. The molecule has 0 aromatic heterocycles. The van der Waals surface area contributed by atoms with E-state index < -0.39 is 0 Å². The van der Waals surface area contributed by atoms with Gasteiger partial charge >= 0.3 is 0 Å². The van der Waals surface area contributed by atoms with Crippen LogP contribution in [-0.2, 0) is 12.3 Å². The maximum absolute atomic E-state index is 12.2. The quantitative estimate of drug-likeness (QED) is 0.876. The molecule has 2 aromatic carbocycles. The molecule has 0 saturated carbocycles. The summed E-state index contributed by atoms with van der Waals surface area (Å²) in [5, 5.41) is 2.89. The highest BCUT2D eigenvalue weighted by atomic mass is 35.5. The van der Waals surface area contributed by atoms with Crippen LogP contribution in [0.25, 0.3) is 0 Å². The SMILES string of the molecule is O=C(Nc1cccc(CCl)c1)c1ccc2c(c1)CCO2. The maximum atomic E-state index is 12.2. The minimum Gasteiger partial charge on any atom is -0.493 e. The average molecular weight is 288 g/mol. The van der Waals surface area contributed by atoms with Crippen LogP contribution in [0.2, 0.25) is 0 Å². The van der Waals surface area contributed by atoms with Gasteiger partial charge in [0.2, 0.25) is 0 Å². The Morgan fingerprint density at radius 2 is 2.15 bits per heavy atom. The molecule has 0 atom stereocenters. The lowest BCUT2D eigenvalue weighted by Crippen LogP contribution is -2.12. The normalized spacial score (nSPS) is 12.7. The van der Waals surface area contributed by atoms with Crippen LogP contribution in [0.1, 0.15) is 21.5 Å². The molecule has 0 unspecified atom stereocenters. The van der Waals surface area contributed by atoms with Crippen LogP contribution in [-0.4, -0.2) is 12.5 Å². The highest BCUT2D eigenvalue weighted by Crippen LogP contribution is 2.26. The predicted molar refractivity (Wildman–Crippen MR) is 79.6 cm³/mol. The Labute approximate surface area is 122 Å². The summed E-state index contributed by atoms with van der Waals surface area (Å²) in [5.41, 5.74) is 3.47. The van der Waals surface area contributed by atoms with Gasteiger partial charge in [-0.15, -0.1) is 11.6 Å².